The van der Waals surface area contributed by atoms with Gasteiger partial charge in [0.05, 0.1) is 0 Å². The van der Waals surface area contributed by atoms with Gasteiger partial charge in [0.2, 0.25) is 0 Å². The molecule has 6 nitrogen and oxygen atoms in total. The molecule has 0 aromatic heterocycles. The Morgan fingerprint density at radius 3 is 1.13 bits per heavy atom. The van der Waals surface area contributed by atoms with Crippen LogP contribution >= 0.6 is 0 Å². The van der Waals surface area contributed by atoms with Crippen molar-refractivity contribution >= 4 is 17.9 Å². The average Bonchev–Trinajstić information content (AvgIpc) is 3.15. The molecule has 0 aliphatic heterocycles. The van der Waals surface area contributed by atoms with E-state index < -0.39 is 6.10 Å². The summed E-state index contributed by atoms with van der Waals surface area (Å²) in [5.74, 6) is -0.875. The van der Waals surface area contributed by atoms with Crippen LogP contribution in [-0.2, 0) is 28.6 Å². The van der Waals surface area contributed by atoms with E-state index in [9.17, 15) is 14.4 Å². The molecule has 0 rings (SSSR count). The predicted octanol–water partition coefficient (Wildman–Crippen LogP) is 14.4. The fourth-order valence-corrected chi connectivity index (χ4v) is 6.54. The van der Waals surface area contributed by atoms with E-state index in [0.717, 1.165) is 77.0 Å². The summed E-state index contributed by atoms with van der Waals surface area (Å²) in [4.78, 5) is 37.7. The second kappa shape index (κ2) is 42.6. The molecule has 0 amide bonds. The minimum Gasteiger partial charge on any atom is -0.462 e. The zero-order valence-corrected chi connectivity index (χ0v) is 35.3. The Balaban J connectivity index is 4.34. The molecule has 0 aromatic carbocycles. The molecule has 0 radical (unpaired) electrons. The number of ether oxygens (including phenoxy) is 3. The minimum atomic E-state index is -0.765. The molecule has 0 aliphatic rings. The summed E-state index contributed by atoms with van der Waals surface area (Å²) in [6.07, 6.45) is 45.8. The zero-order chi connectivity index (χ0) is 38.7. The van der Waals surface area contributed by atoms with Crippen molar-refractivity contribution in [3.05, 3.63) is 24.3 Å². The molecule has 0 spiro atoms. The van der Waals surface area contributed by atoms with Gasteiger partial charge in [-0.1, -0.05) is 199 Å². The van der Waals surface area contributed by atoms with Crippen molar-refractivity contribution in [2.45, 2.75) is 245 Å². The van der Waals surface area contributed by atoms with Gasteiger partial charge in [-0.3, -0.25) is 14.4 Å². The predicted molar refractivity (Wildman–Crippen MR) is 224 cm³/mol. The van der Waals surface area contributed by atoms with Gasteiger partial charge in [0.15, 0.2) is 6.10 Å². The Bertz CT molecular complexity index is 865. The molecule has 310 valence electrons. The van der Waals surface area contributed by atoms with Crippen molar-refractivity contribution in [2.75, 3.05) is 13.2 Å². The van der Waals surface area contributed by atoms with Crippen molar-refractivity contribution in [2.24, 2.45) is 0 Å². The Morgan fingerprint density at radius 1 is 0.396 bits per heavy atom. The number of esters is 3. The van der Waals surface area contributed by atoms with Crippen LogP contribution < -0.4 is 0 Å². The summed E-state index contributed by atoms with van der Waals surface area (Å²) in [6, 6.07) is 0. The van der Waals surface area contributed by atoms with Gasteiger partial charge in [0.1, 0.15) is 13.2 Å². The van der Waals surface area contributed by atoms with E-state index in [1.807, 2.05) is 0 Å². The summed E-state index contributed by atoms with van der Waals surface area (Å²) in [7, 11) is 0. The van der Waals surface area contributed by atoms with E-state index in [-0.39, 0.29) is 31.1 Å². The maximum Gasteiger partial charge on any atom is 0.306 e. The monoisotopic (exact) mass is 747 g/mol. The second-order valence-corrected chi connectivity index (χ2v) is 15.3. The van der Waals surface area contributed by atoms with Crippen LogP contribution in [0, 0.1) is 0 Å². The second-order valence-electron chi connectivity index (χ2n) is 15.3. The van der Waals surface area contributed by atoms with Crippen molar-refractivity contribution < 1.29 is 28.6 Å². The van der Waals surface area contributed by atoms with Gasteiger partial charge in [0.25, 0.3) is 0 Å². The minimum absolute atomic E-state index is 0.0699. The van der Waals surface area contributed by atoms with Gasteiger partial charge < -0.3 is 14.2 Å². The van der Waals surface area contributed by atoms with Crippen LogP contribution in [0.15, 0.2) is 24.3 Å². The van der Waals surface area contributed by atoms with Gasteiger partial charge >= 0.3 is 17.9 Å². The van der Waals surface area contributed by atoms with E-state index in [0.29, 0.717) is 19.3 Å². The lowest BCUT2D eigenvalue weighted by atomic mass is 10.1. The number of hydrogen-bond acceptors (Lipinski definition) is 6. The van der Waals surface area contributed by atoms with Crippen molar-refractivity contribution in [1.82, 2.24) is 0 Å². The quantitative estimate of drug-likeness (QED) is 0.0268. The molecule has 0 saturated heterocycles. The maximum atomic E-state index is 12.7. The van der Waals surface area contributed by atoms with Crippen LogP contribution in [0.4, 0.5) is 0 Å². The Hall–Kier alpha value is -2.11. The van der Waals surface area contributed by atoms with Gasteiger partial charge in [-0.15, -0.1) is 0 Å². The lowest BCUT2D eigenvalue weighted by Gasteiger charge is -2.18. The number of allylic oxidation sites excluding steroid dienone is 4. The maximum absolute atomic E-state index is 12.7. The highest BCUT2D eigenvalue weighted by molar-refractivity contribution is 5.71. The van der Waals surface area contributed by atoms with Crippen molar-refractivity contribution in [3.8, 4) is 0 Å². The van der Waals surface area contributed by atoms with E-state index in [1.54, 1.807) is 0 Å². The van der Waals surface area contributed by atoms with Crippen LogP contribution in [-0.4, -0.2) is 37.2 Å². The Labute approximate surface area is 328 Å². The van der Waals surface area contributed by atoms with Gasteiger partial charge in [-0.25, -0.2) is 0 Å². The molecule has 0 N–H and O–H groups in total. The van der Waals surface area contributed by atoms with Crippen LogP contribution in [0.25, 0.3) is 0 Å². The third-order valence-electron chi connectivity index (χ3n) is 9.97. The van der Waals surface area contributed by atoms with Crippen LogP contribution in [0.2, 0.25) is 0 Å². The van der Waals surface area contributed by atoms with Gasteiger partial charge in [-0.05, 0) is 44.9 Å². The number of carbonyl (C=O) groups is 3. The first kappa shape index (κ1) is 50.9. The third-order valence-corrected chi connectivity index (χ3v) is 9.97. The first-order valence-corrected chi connectivity index (χ1v) is 22.8. The smallest absolute Gasteiger partial charge is 0.306 e. The molecule has 1 unspecified atom stereocenters. The fourth-order valence-electron chi connectivity index (χ4n) is 6.54. The summed E-state index contributed by atoms with van der Waals surface area (Å²) in [5, 5.41) is 0. The molecule has 0 aromatic rings. The number of unbranched alkanes of at least 4 members (excludes halogenated alkanes) is 26. The van der Waals surface area contributed by atoms with Crippen molar-refractivity contribution in [3.63, 3.8) is 0 Å². The molecule has 0 saturated carbocycles. The summed E-state index contributed by atoms with van der Waals surface area (Å²) < 4.78 is 16.7. The van der Waals surface area contributed by atoms with E-state index in [1.165, 1.54) is 122 Å². The molecular weight excluding hydrogens is 661 g/mol. The lowest BCUT2D eigenvalue weighted by molar-refractivity contribution is -0.167. The largest absolute Gasteiger partial charge is 0.462 e. The van der Waals surface area contributed by atoms with Crippen LogP contribution in [0.3, 0.4) is 0 Å². The Kier molecular flexibility index (Phi) is 40.9. The number of hydrogen-bond donors (Lipinski definition) is 0. The normalized spacial score (nSPS) is 12.1. The average molecular weight is 747 g/mol. The third kappa shape index (κ3) is 40.9. The van der Waals surface area contributed by atoms with Crippen molar-refractivity contribution in [1.29, 1.82) is 0 Å². The first-order valence-electron chi connectivity index (χ1n) is 22.8. The fraction of sp³-hybridized carbons (Fsp3) is 0.851. The number of rotatable bonds is 41. The summed E-state index contributed by atoms with van der Waals surface area (Å²) in [5.41, 5.74) is 0. The molecule has 53 heavy (non-hydrogen) atoms. The lowest BCUT2D eigenvalue weighted by Crippen LogP contribution is -2.30. The SMILES string of the molecule is CC/C=C\C/C=C\CCCCCCCCCC(=O)OCC(COC(=O)CCCCCCCCCCCC)OC(=O)CCCCCCCCCCCCC. The molecule has 0 aliphatic carbocycles. The molecular formula is C47H86O6. The molecule has 0 bridgehead atoms. The van der Waals surface area contributed by atoms with Gasteiger partial charge in [0, 0.05) is 19.3 Å². The van der Waals surface area contributed by atoms with Gasteiger partial charge in [-0.2, -0.15) is 0 Å². The first-order chi connectivity index (χ1) is 26.0. The molecule has 1 atom stereocenters. The van der Waals surface area contributed by atoms with Crippen LogP contribution in [0.5, 0.6) is 0 Å². The van der Waals surface area contributed by atoms with E-state index in [2.05, 4.69) is 45.1 Å². The highest BCUT2D eigenvalue weighted by Crippen LogP contribution is 2.15. The molecule has 0 heterocycles. The molecule has 0 fully saturated rings. The topological polar surface area (TPSA) is 78.9 Å². The van der Waals surface area contributed by atoms with E-state index in [4.69, 9.17) is 14.2 Å². The van der Waals surface area contributed by atoms with Crippen LogP contribution in [0.1, 0.15) is 239 Å². The highest BCUT2D eigenvalue weighted by Gasteiger charge is 2.19. The zero-order valence-electron chi connectivity index (χ0n) is 35.3. The summed E-state index contributed by atoms with van der Waals surface area (Å²) in [6.45, 7) is 6.51. The number of carbonyl (C=O) groups excluding carboxylic acids is 3. The van der Waals surface area contributed by atoms with E-state index >= 15 is 0 Å². The standard InChI is InChI=1S/C47H86O6/c1-4-7-10-13-16-19-22-23-24-26-28-31-34-37-40-46(49)52-43-44(42-51-45(48)39-36-33-30-27-21-18-15-12-9-6-3)53-47(50)41-38-35-32-29-25-20-17-14-11-8-5-2/h7,10,16,19,44H,4-6,8-9,11-15,17-18,20-43H2,1-3H3/b10-7-,19-16-. The molecule has 6 heteroatoms. The Morgan fingerprint density at radius 2 is 0.736 bits per heavy atom. The highest BCUT2D eigenvalue weighted by atomic mass is 16.6. The summed E-state index contributed by atoms with van der Waals surface area (Å²) >= 11 is 0.